The van der Waals surface area contributed by atoms with Gasteiger partial charge in [-0.1, -0.05) is 27.7 Å². The first kappa shape index (κ1) is 15.4. The van der Waals surface area contributed by atoms with Crippen molar-refractivity contribution in [2.75, 3.05) is 11.9 Å². The molecule has 2 heterocycles. The molecule has 4 heteroatoms. The van der Waals surface area contributed by atoms with Crippen LogP contribution < -0.4 is 5.32 Å². The summed E-state index contributed by atoms with van der Waals surface area (Å²) in [6, 6.07) is 6.05. The Labute approximate surface area is 127 Å². The van der Waals surface area contributed by atoms with Gasteiger partial charge in [-0.2, -0.15) is 0 Å². The molecule has 4 nitrogen and oxygen atoms in total. The maximum Gasteiger partial charge on any atom is 0.163 e. The zero-order chi connectivity index (χ0) is 15.5. The topological polar surface area (TPSA) is 50.7 Å². The van der Waals surface area contributed by atoms with Gasteiger partial charge in [0, 0.05) is 35.5 Å². The van der Waals surface area contributed by atoms with Crippen molar-refractivity contribution in [3.63, 3.8) is 0 Å². The molecule has 0 saturated carbocycles. The van der Waals surface area contributed by atoms with E-state index in [0.29, 0.717) is 0 Å². The molecular weight excluding hydrogens is 260 g/mol. The molecule has 0 unspecified atom stereocenters. The molecule has 0 aliphatic carbocycles. The number of hydrogen-bond donors (Lipinski definition) is 1. The second-order valence-electron chi connectivity index (χ2n) is 6.33. The van der Waals surface area contributed by atoms with Crippen LogP contribution in [0.2, 0.25) is 0 Å². The second kappa shape index (κ2) is 6.20. The summed E-state index contributed by atoms with van der Waals surface area (Å²) in [4.78, 5) is 13.7. The number of anilines is 1. The summed E-state index contributed by atoms with van der Waals surface area (Å²) in [7, 11) is 0. The quantitative estimate of drug-likeness (QED) is 0.923. The maximum absolute atomic E-state index is 4.72. The first-order chi connectivity index (χ1) is 9.90. The third-order valence-electron chi connectivity index (χ3n) is 3.22. The lowest BCUT2D eigenvalue weighted by Gasteiger charge is -2.19. The first-order valence-electron chi connectivity index (χ1n) is 7.46. The number of rotatable bonds is 4. The lowest BCUT2D eigenvalue weighted by molar-refractivity contribution is 0.568. The van der Waals surface area contributed by atoms with Gasteiger partial charge < -0.3 is 5.32 Å². The van der Waals surface area contributed by atoms with E-state index >= 15 is 0 Å². The minimum Gasteiger partial charge on any atom is -0.370 e. The molecule has 0 fully saturated rings. The molecule has 112 valence electrons. The SMILES string of the molecule is CCCNc1cc(C(C)(C)C)nc(-c2ccc(C)nc2)n1. The Kier molecular flexibility index (Phi) is 4.56. The van der Waals surface area contributed by atoms with Gasteiger partial charge in [-0.05, 0) is 25.5 Å². The molecule has 0 aliphatic heterocycles. The molecule has 21 heavy (non-hydrogen) atoms. The molecule has 2 aromatic heterocycles. The highest BCUT2D eigenvalue weighted by atomic mass is 15.0. The minimum atomic E-state index is -0.0154. The number of aromatic nitrogens is 3. The van der Waals surface area contributed by atoms with Gasteiger partial charge in [-0.3, -0.25) is 4.98 Å². The summed E-state index contributed by atoms with van der Waals surface area (Å²) in [6.45, 7) is 11.5. The van der Waals surface area contributed by atoms with Crippen LogP contribution in [-0.4, -0.2) is 21.5 Å². The molecule has 0 aliphatic rings. The van der Waals surface area contributed by atoms with Crippen LogP contribution in [0.15, 0.2) is 24.4 Å². The molecular formula is C17H24N4. The van der Waals surface area contributed by atoms with E-state index < -0.39 is 0 Å². The number of hydrogen-bond acceptors (Lipinski definition) is 4. The van der Waals surface area contributed by atoms with Gasteiger partial charge in [-0.15, -0.1) is 0 Å². The van der Waals surface area contributed by atoms with Crippen molar-refractivity contribution in [2.45, 2.75) is 46.5 Å². The van der Waals surface area contributed by atoms with Gasteiger partial charge in [0.25, 0.3) is 0 Å². The smallest absolute Gasteiger partial charge is 0.163 e. The van der Waals surface area contributed by atoms with Crippen molar-refractivity contribution in [2.24, 2.45) is 0 Å². The van der Waals surface area contributed by atoms with Gasteiger partial charge in [0.1, 0.15) is 5.82 Å². The van der Waals surface area contributed by atoms with Gasteiger partial charge >= 0.3 is 0 Å². The highest BCUT2D eigenvalue weighted by molar-refractivity contribution is 5.57. The monoisotopic (exact) mass is 284 g/mol. The Morgan fingerprint density at radius 3 is 2.48 bits per heavy atom. The van der Waals surface area contributed by atoms with Crippen LogP contribution in [0.25, 0.3) is 11.4 Å². The lowest BCUT2D eigenvalue weighted by atomic mass is 9.92. The fourth-order valence-corrected chi connectivity index (χ4v) is 1.90. The summed E-state index contributed by atoms with van der Waals surface area (Å²) in [6.07, 6.45) is 2.90. The van der Waals surface area contributed by atoms with Crippen molar-refractivity contribution in [1.82, 2.24) is 15.0 Å². The Bertz CT molecular complexity index is 597. The van der Waals surface area contributed by atoms with Gasteiger partial charge in [-0.25, -0.2) is 9.97 Å². The van der Waals surface area contributed by atoms with E-state index in [1.54, 1.807) is 0 Å². The Hall–Kier alpha value is -1.97. The average Bonchev–Trinajstić information content (AvgIpc) is 2.44. The third kappa shape index (κ3) is 4.00. The van der Waals surface area contributed by atoms with Crippen LogP contribution in [0.3, 0.4) is 0 Å². The predicted molar refractivity (Wildman–Crippen MR) is 87.5 cm³/mol. The van der Waals surface area contributed by atoms with Crippen LogP contribution >= 0.6 is 0 Å². The molecule has 0 aromatic carbocycles. The van der Waals surface area contributed by atoms with E-state index in [4.69, 9.17) is 4.98 Å². The van der Waals surface area contributed by atoms with Crippen molar-refractivity contribution >= 4 is 5.82 Å². The molecule has 2 aromatic rings. The summed E-state index contributed by atoms with van der Waals surface area (Å²) in [5, 5.41) is 3.36. The van der Waals surface area contributed by atoms with Crippen molar-refractivity contribution in [1.29, 1.82) is 0 Å². The summed E-state index contributed by atoms with van der Waals surface area (Å²) < 4.78 is 0. The van der Waals surface area contributed by atoms with E-state index in [0.717, 1.165) is 41.6 Å². The van der Waals surface area contributed by atoms with Crippen LogP contribution in [-0.2, 0) is 5.41 Å². The Morgan fingerprint density at radius 2 is 1.90 bits per heavy atom. The number of aryl methyl sites for hydroxylation is 1. The number of pyridine rings is 1. The second-order valence-corrected chi connectivity index (χ2v) is 6.33. The van der Waals surface area contributed by atoms with Gasteiger partial charge in [0.2, 0.25) is 0 Å². The molecule has 2 rings (SSSR count). The lowest BCUT2D eigenvalue weighted by Crippen LogP contribution is -2.16. The highest BCUT2D eigenvalue weighted by Crippen LogP contribution is 2.25. The standard InChI is InChI=1S/C17H24N4/c1-6-9-18-15-10-14(17(3,4)5)20-16(21-15)13-8-7-12(2)19-11-13/h7-8,10-11H,6,9H2,1-5H3,(H,18,20,21). The van der Waals surface area contributed by atoms with Gasteiger partial charge in [0.15, 0.2) is 5.82 Å². The molecule has 1 N–H and O–H groups in total. The van der Waals surface area contributed by atoms with Crippen LogP contribution in [0.5, 0.6) is 0 Å². The fraction of sp³-hybridized carbons (Fsp3) is 0.471. The maximum atomic E-state index is 4.72. The molecule has 0 radical (unpaired) electrons. The molecule has 0 atom stereocenters. The molecule has 0 bridgehead atoms. The van der Waals surface area contributed by atoms with Crippen molar-refractivity contribution in [3.8, 4) is 11.4 Å². The third-order valence-corrected chi connectivity index (χ3v) is 3.22. The Morgan fingerprint density at radius 1 is 1.14 bits per heavy atom. The van der Waals surface area contributed by atoms with E-state index in [2.05, 4.69) is 43.0 Å². The van der Waals surface area contributed by atoms with Crippen molar-refractivity contribution in [3.05, 3.63) is 35.8 Å². The molecule has 0 amide bonds. The summed E-state index contributed by atoms with van der Waals surface area (Å²) >= 11 is 0. The zero-order valence-corrected chi connectivity index (χ0v) is 13.6. The summed E-state index contributed by atoms with van der Waals surface area (Å²) in [5.41, 5.74) is 2.96. The Balaban J connectivity index is 2.46. The molecule has 0 saturated heterocycles. The largest absolute Gasteiger partial charge is 0.370 e. The van der Waals surface area contributed by atoms with Crippen molar-refractivity contribution < 1.29 is 0 Å². The van der Waals surface area contributed by atoms with Crippen LogP contribution in [0.4, 0.5) is 5.82 Å². The highest BCUT2D eigenvalue weighted by Gasteiger charge is 2.18. The van der Waals surface area contributed by atoms with E-state index in [-0.39, 0.29) is 5.41 Å². The van der Waals surface area contributed by atoms with Crippen LogP contribution in [0.1, 0.15) is 45.5 Å². The molecule has 0 spiro atoms. The summed E-state index contributed by atoms with van der Waals surface area (Å²) in [5.74, 6) is 1.61. The van der Waals surface area contributed by atoms with Gasteiger partial charge in [0.05, 0.1) is 5.69 Å². The predicted octanol–water partition coefficient (Wildman–Crippen LogP) is 3.97. The van der Waals surface area contributed by atoms with E-state index in [1.807, 2.05) is 31.3 Å². The number of nitrogens with one attached hydrogen (secondary N) is 1. The average molecular weight is 284 g/mol. The van der Waals surface area contributed by atoms with E-state index in [9.17, 15) is 0 Å². The van der Waals surface area contributed by atoms with Crippen LogP contribution in [0, 0.1) is 6.92 Å². The number of nitrogens with zero attached hydrogens (tertiary/aromatic N) is 3. The zero-order valence-electron chi connectivity index (χ0n) is 13.6. The fourth-order valence-electron chi connectivity index (χ4n) is 1.90. The van der Waals surface area contributed by atoms with E-state index in [1.165, 1.54) is 0 Å². The first-order valence-corrected chi connectivity index (χ1v) is 7.46. The normalized spacial score (nSPS) is 11.5. The minimum absolute atomic E-state index is 0.0154.